The minimum absolute atomic E-state index is 0.0485. The molecule has 0 saturated carbocycles. The quantitative estimate of drug-likeness (QED) is 0.866. The van der Waals surface area contributed by atoms with E-state index in [4.69, 9.17) is 0 Å². The predicted octanol–water partition coefficient (Wildman–Crippen LogP) is 1.64. The van der Waals surface area contributed by atoms with Crippen LogP contribution in [0.5, 0.6) is 0 Å². The minimum Gasteiger partial charge on any atom is -0.384 e. The average Bonchev–Trinajstić information content (AvgIpc) is 2.95. The van der Waals surface area contributed by atoms with Gasteiger partial charge in [-0.05, 0) is 44.9 Å². The molecule has 0 bridgehead atoms. The lowest BCUT2D eigenvalue weighted by atomic mass is 10.1. The number of fused-ring (bicyclic) bond motifs is 1. The number of nitrogens with one attached hydrogen (secondary N) is 2. The van der Waals surface area contributed by atoms with Crippen LogP contribution in [-0.4, -0.2) is 42.4 Å². The van der Waals surface area contributed by atoms with E-state index >= 15 is 0 Å². The van der Waals surface area contributed by atoms with Crippen LogP contribution in [0.1, 0.15) is 36.7 Å². The van der Waals surface area contributed by atoms with Gasteiger partial charge in [0.15, 0.2) is 0 Å². The van der Waals surface area contributed by atoms with Crippen LogP contribution in [0.4, 0.5) is 5.69 Å². The number of carbonyl (C=O) groups is 2. The fraction of sp³-hybridized carbons (Fsp3) is 0.500. The molecule has 1 atom stereocenters. The van der Waals surface area contributed by atoms with Crippen molar-refractivity contribution in [3.63, 3.8) is 0 Å². The first-order valence-electron chi connectivity index (χ1n) is 7.53. The van der Waals surface area contributed by atoms with Crippen molar-refractivity contribution in [3.8, 4) is 0 Å². The number of nitrogens with zero attached hydrogens (tertiary/aromatic N) is 1. The van der Waals surface area contributed by atoms with Crippen molar-refractivity contribution < 1.29 is 9.59 Å². The lowest BCUT2D eigenvalue weighted by molar-refractivity contribution is -0.132. The summed E-state index contributed by atoms with van der Waals surface area (Å²) in [5.74, 6) is -0.257. The molecule has 5 nitrogen and oxygen atoms in total. The van der Waals surface area contributed by atoms with E-state index in [2.05, 4.69) is 10.6 Å². The summed E-state index contributed by atoms with van der Waals surface area (Å²) in [4.78, 5) is 26.1. The zero-order valence-corrected chi connectivity index (χ0v) is 12.9. The third-order valence-electron chi connectivity index (χ3n) is 3.87. The van der Waals surface area contributed by atoms with Crippen LogP contribution in [0.2, 0.25) is 0 Å². The average molecular weight is 289 g/mol. The maximum atomic E-state index is 12.2. The van der Waals surface area contributed by atoms with E-state index in [0.717, 1.165) is 18.7 Å². The Kier molecular flexibility index (Phi) is 4.83. The van der Waals surface area contributed by atoms with Crippen molar-refractivity contribution in [1.82, 2.24) is 10.2 Å². The van der Waals surface area contributed by atoms with Crippen molar-refractivity contribution in [2.24, 2.45) is 0 Å². The molecule has 0 saturated heterocycles. The highest BCUT2D eigenvalue weighted by Crippen LogP contribution is 2.23. The maximum Gasteiger partial charge on any atom is 0.251 e. The Morgan fingerprint density at radius 3 is 2.71 bits per heavy atom. The number of amides is 2. The van der Waals surface area contributed by atoms with Gasteiger partial charge in [-0.1, -0.05) is 6.07 Å². The summed E-state index contributed by atoms with van der Waals surface area (Å²) in [6.07, 6.45) is 0.994. The van der Waals surface area contributed by atoms with E-state index in [1.54, 1.807) is 11.8 Å². The molecule has 5 heteroatoms. The van der Waals surface area contributed by atoms with E-state index in [1.165, 1.54) is 5.56 Å². The highest BCUT2D eigenvalue weighted by atomic mass is 16.2. The van der Waals surface area contributed by atoms with Crippen LogP contribution < -0.4 is 10.6 Å². The topological polar surface area (TPSA) is 61.4 Å². The van der Waals surface area contributed by atoms with Crippen LogP contribution >= 0.6 is 0 Å². The third-order valence-corrected chi connectivity index (χ3v) is 3.87. The van der Waals surface area contributed by atoms with Gasteiger partial charge in [0.25, 0.3) is 5.91 Å². The first-order chi connectivity index (χ1) is 10.1. The highest BCUT2D eigenvalue weighted by molar-refractivity contribution is 5.98. The van der Waals surface area contributed by atoms with Crippen LogP contribution in [0.3, 0.4) is 0 Å². The van der Waals surface area contributed by atoms with Crippen LogP contribution in [0.25, 0.3) is 0 Å². The number of rotatable bonds is 5. The molecular weight excluding hydrogens is 266 g/mol. The zero-order chi connectivity index (χ0) is 15.4. The second-order valence-electron chi connectivity index (χ2n) is 5.25. The van der Waals surface area contributed by atoms with Crippen LogP contribution in [0.15, 0.2) is 18.2 Å². The lowest BCUT2D eigenvalue weighted by Gasteiger charge is -2.23. The summed E-state index contributed by atoms with van der Waals surface area (Å²) in [5, 5.41) is 6.03. The molecule has 0 aromatic heterocycles. The summed E-state index contributed by atoms with van der Waals surface area (Å²) in [7, 11) is 0. The van der Waals surface area contributed by atoms with Gasteiger partial charge in [-0.15, -0.1) is 0 Å². The van der Waals surface area contributed by atoms with E-state index < -0.39 is 6.04 Å². The molecule has 2 rings (SSSR count). The Bertz CT molecular complexity index is 538. The van der Waals surface area contributed by atoms with Gasteiger partial charge in [-0.25, -0.2) is 0 Å². The fourth-order valence-corrected chi connectivity index (χ4v) is 2.58. The van der Waals surface area contributed by atoms with Gasteiger partial charge in [-0.3, -0.25) is 9.59 Å². The maximum absolute atomic E-state index is 12.2. The standard InChI is InChI=1S/C16H23N3O2/c1-4-19(5-2)16(21)11(3)18-15(20)13-7-6-12-8-9-17-14(12)10-13/h6-7,10-11,17H,4-5,8-9H2,1-3H3,(H,18,20). The normalized spacial score (nSPS) is 14.0. The predicted molar refractivity (Wildman–Crippen MR) is 83.5 cm³/mol. The van der Waals surface area contributed by atoms with Crippen molar-refractivity contribution in [3.05, 3.63) is 29.3 Å². The fourth-order valence-electron chi connectivity index (χ4n) is 2.58. The minimum atomic E-state index is -0.515. The molecule has 1 aromatic carbocycles. The summed E-state index contributed by atoms with van der Waals surface area (Å²) in [6.45, 7) is 7.81. The van der Waals surface area contributed by atoms with Crippen LogP contribution in [-0.2, 0) is 11.2 Å². The SMILES string of the molecule is CCN(CC)C(=O)C(C)NC(=O)c1ccc2c(c1)NCC2. The molecule has 0 aliphatic carbocycles. The van der Waals surface area contributed by atoms with Gasteiger partial charge in [-0.2, -0.15) is 0 Å². The summed E-state index contributed by atoms with van der Waals surface area (Å²) in [5.41, 5.74) is 2.84. The Hall–Kier alpha value is -2.04. The van der Waals surface area contributed by atoms with Gasteiger partial charge in [0, 0.05) is 30.9 Å². The van der Waals surface area contributed by atoms with E-state index in [-0.39, 0.29) is 11.8 Å². The molecule has 1 heterocycles. The number of benzene rings is 1. The van der Waals surface area contributed by atoms with Crippen molar-refractivity contribution in [2.45, 2.75) is 33.2 Å². The lowest BCUT2D eigenvalue weighted by Crippen LogP contribution is -2.46. The van der Waals surface area contributed by atoms with E-state index in [9.17, 15) is 9.59 Å². The third kappa shape index (κ3) is 3.35. The van der Waals surface area contributed by atoms with Crippen molar-refractivity contribution in [2.75, 3.05) is 25.0 Å². The Morgan fingerprint density at radius 2 is 2.05 bits per heavy atom. The van der Waals surface area contributed by atoms with E-state index in [1.807, 2.05) is 32.0 Å². The molecule has 0 spiro atoms. The molecule has 114 valence electrons. The smallest absolute Gasteiger partial charge is 0.251 e. The molecule has 1 aromatic rings. The summed E-state index contributed by atoms with van der Waals surface area (Å²) in [6, 6.07) is 5.13. The summed E-state index contributed by atoms with van der Waals surface area (Å²) < 4.78 is 0. The van der Waals surface area contributed by atoms with Crippen molar-refractivity contribution >= 4 is 17.5 Å². The number of likely N-dealkylation sites (N-methyl/N-ethyl adjacent to an activating group) is 1. The zero-order valence-electron chi connectivity index (χ0n) is 12.9. The van der Waals surface area contributed by atoms with Gasteiger partial charge in [0.1, 0.15) is 6.04 Å². The number of hydrogen-bond acceptors (Lipinski definition) is 3. The number of hydrogen-bond donors (Lipinski definition) is 2. The second kappa shape index (κ2) is 6.61. The van der Waals surface area contributed by atoms with Gasteiger partial charge >= 0.3 is 0 Å². The molecule has 21 heavy (non-hydrogen) atoms. The second-order valence-corrected chi connectivity index (χ2v) is 5.25. The monoisotopic (exact) mass is 289 g/mol. The van der Waals surface area contributed by atoms with Gasteiger partial charge < -0.3 is 15.5 Å². The van der Waals surface area contributed by atoms with Crippen LogP contribution in [0, 0.1) is 0 Å². The highest BCUT2D eigenvalue weighted by Gasteiger charge is 2.21. The number of carbonyl (C=O) groups excluding carboxylic acids is 2. The molecular formula is C16H23N3O2. The largest absolute Gasteiger partial charge is 0.384 e. The van der Waals surface area contributed by atoms with Gasteiger partial charge in [0.2, 0.25) is 5.91 Å². The molecule has 1 unspecified atom stereocenters. The number of anilines is 1. The molecule has 0 fully saturated rings. The molecule has 0 radical (unpaired) electrons. The Labute approximate surface area is 125 Å². The molecule has 2 N–H and O–H groups in total. The molecule has 1 aliphatic heterocycles. The Morgan fingerprint density at radius 1 is 1.33 bits per heavy atom. The van der Waals surface area contributed by atoms with Gasteiger partial charge in [0.05, 0.1) is 0 Å². The van der Waals surface area contributed by atoms with E-state index in [0.29, 0.717) is 18.7 Å². The summed E-state index contributed by atoms with van der Waals surface area (Å²) >= 11 is 0. The molecule has 1 aliphatic rings. The first kappa shape index (κ1) is 15.4. The first-order valence-corrected chi connectivity index (χ1v) is 7.53. The van der Waals surface area contributed by atoms with Crippen molar-refractivity contribution in [1.29, 1.82) is 0 Å². The molecule has 2 amide bonds. The Balaban J connectivity index is 2.02.